The number of rotatable bonds is 4. The highest BCUT2D eigenvalue weighted by Gasteiger charge is 2.29. The Morgan fingerprint density at radius 2 is 1.94 bits per heavy atom. The topological polar surface area (TPSA) is 105 Å². The van der Waals surface area contributed by atoms with E-state index in [9.17, 15) is 9.59 Å². The second kappa shape index (κ2) is 8.81. The maximum Gasteiger partial charge on any atom is 0.255 e. The first-order chi connectivity index (χ1) is 16.7. The molecule has 9 nitrogen and oxygen atoms in total. The zero-order valence-electron chi connectivity index (χ0n) is 20.5. The summed E-state index contributed by atoms with van der Waals surface area (Å²) < 4.78 is 6.97. The van der Waals surface area contributed by atoms with Crippen molar-refractivity contribution in [3.8, 4) is 5.88 Å². The summed E-state index contributed by atoms with van der Waals surface area (Å²) in [7, 11) is 1.50. The van der Waals surface area contributed by atoms with Crippen LogP contribution >= 0.6 is 0 Å². The van der Waals surface area contributed by atoms with Gasteiger partial charge in [-0.1, -0.05) is 6.07 Å². The molecule has 0 atom stereocenters. The molecule has 1 aliphatic rings. The molecule has 4 aromatic rings. The van der Waals surface area contributed by atoms with Gasteiger partial charge in [0, 0.05) is 35.3 Å². The van der Waals surface area contributed by atoms with Crippen LogP contribution in [0.2, 0.25) is 0 Å². The van der Waals surface area contributed by atoms with Crippen LogP contribution in [0.4, 0.5) is 5.69 Å². The number of carbonyl (C=O) groups is 1. The average molecular weight is 475 g/mol. The Bertz CT molecular complexity index is 1460. The number of benzene rings is 1. The molecular weight excluding hydrogens is 444 g/mol. The van der Waals surface area contributed by atoms with Crippen molar-refractivity contribution in [1.29, 1.82) is 0 Å². The van der Waals surface area contributed by atoms with Crippen molar-refractivity contribution in [2.24, 2.45) is 0 Å². The molecule has 1 aliphatic heterocycles. The molecule has 0 unspecified atom stereocenters. The van der Waals surface area contributed by atoms with Gasteiger partial charge in [0.2, 0.25) is 5.88 Å². The number of H-pyrrole nitrogens is 1. The van der Waals surface area contributed by atoms with Crippen LogP contribution in [0.3, 0.4) is 0 Å². The number of fused-ring (bicyclic) bond motifs is 3. The quantitative estimate of drug-likeness (QED) is 0.466. The van der Waals surface area contributed by atoms with Crippen LogP contribution in [0.5, 0.6) is 5.88 Å². The molecule has 0 saturated carbocycles. The van der Waals surface area contributed by atoms with Gasteiger partial charge >= 0.3 is 0 Å². The van der Waals surface area contributed by atoms with E-state index in [-0.39, 0.29) is 22.9 Å². The maximum atomic E-state index is 13.0. The number of pyridine rings is 1. The van der Waals surface area contributed by atoms with E-state index in [0.717, 1.165) is 31.6 Å². The molecule has 35 heavy (non-hydrogen) atoms. The lowest BCUT2D eigenvalue weighted by Crippen LogP contribution is -2.46. The number of nitrogens with zero attached hydrogens (tertiary/aromatic N) is 4. The van der Waals surface area contributed by atoms with E-state index in [1.54, 1.807) is 18.2 Å². The second-order valence-corrected chi connectivity index (χ2v) is 9.99. The number of amides is 1. The first kappa shape index (κ1) is 23.0. The SMILES string of the molecule is COc1cc(C(=O)Nc2cccc3nn4c(C5CCN(C(C)(C)C)CC5)cc(=O)[nH]c4c23)ccn1. The zero-order chi connectivity index (χ0) is 24.7. The van der Waals surface area contributed by atoms with Crippen molar-refractivity contribution in [3.05, 3.63) is 64.2 Å². The van der Waals surface area contributed by atoms with Gasteiger partial charge in [0.25, 0.3) is 11.5 Å². The Hall–Kier alpha value is -3.72. The van der Waals surface area contributed by atoms with Gasteiger partial charge in [-0.05, 0) is 64.9 Å². The third-order valence-corrected chi connectivity index (χ3v) is 6.78. The number of hydrogen-bond donors (Lipinski definition) is 2. The summed E-state index contributed by atoms with van der Waals surface area (Å²) in [6.45, 7) is 8.64. The minimum atomic E-state index is -0.300. The number of ether oxygens (including phenoxy) is 1. The molecule has 0 bridgehead atoms. The van der Waals surface area contributed by atoms with Crippen LogP contribution in [0.25, 0.3) is 16.6 Å². The molecule has 4 heterocycles. The molecular formula is C26H30N6O3. The number of carbonyl (C=O) groups excluding carboxylic acids is 1. The van der Waals surface area contributed by atoms with Crippen molar-refractivity contribution in [2.75, 3.05) is 25.5 Å². The number of piperidine rings is 1. The summed E-state index contributed by atoms with van der Waals surface area (Å²) in [4.78, 5) is 35.2. The van der Waals surface area contributed by atoms with Gasteiger partial charge in [-0.2, -0.15) is 5.10 Å². The summed E-state index contributed by atoms with van der Waals surface area (Å²) in [5.41, 5.74) is 3.14. The molecule has 1 aromatic carbocycles. The van der Waals surface area contributed by atoms with Gasteiger partial charge in [0.15, 0.2) is 0 Å². The third kappa shape index (κ3) is 4.39. The van der Waals surface area contributed by atoms with Gasteiger partial charge in [-0.25, -0.2) is 9.50 Å². The lowest BCUT2D eigenvalue weighted by atomic mass is 9.90. The fourth-order valence-electron chi connectivity index (χ4n) is 4.88. The fraction of sp³-hybridized carbons (Fsp3) is 0.385. The number of likely N-dealkylation sites (tertiary alicyclic amines) is 1. The Balaban J connectivity index is 1.53. The number of methoxy groups -OCH3 is 1. The number of hydrogen-bond acceptors (Lipinski definition) is 6. The minimum Gasteiger partial charge on any atom is -0.481 e. The van der Waals surface area contributed by atoms with Crippen molar-refractivity contribution in [1.82, 2.24) is 24.5 Å². The van der Waals surface area contributed by atoms with E-state index in [4.69, 9.17) is 9.84 Å². The standard InChI is InChI=1S/C26H30N6O3/c1-26(2,3)31-12-9-16(10-13-31)20-15-21(33)29-24-23-18(6-5-7-19(23)30-32(20)24)28-25(34)17-8-11-27-22(14-17)35-4/h5-8,11,14-16H,9-10,12-13H2,1-4H3,(H,28,34)(H,29,33). The number of anilines is 1. The summed E-state index contributed by atoms with van der Waals surface area (Å²) in [6, 6.07) is 10.4. The van der Waals surface area contributed by atoms with E-state index in [2.05, 4.69) is 41.0 Å². The lowest BCUT2D eigenvalue weighted by Gasteiger charge is -2.40. The normalized spacial score (nSPS) is 15.5. The highest BCUT2D eigenvalue weighted by molar-refractivity contribution is 6.11. The van der Waals surface area contributed by atoms with Crippen LogP contribution < -0.4 is 15.6 Å². The van der Waals surface area contributed by atoms with Crippen molar-refractivity contribution in [2.45, 2.75) is 45.1 Å². The van der Waals surface area contributed by atoms with E-state index in [1.165, 1.54) is 13.3 Å². The molecule has 182 valence electrons. The summed E-state index contributed by atoms with van der Waals surface area (Å²) in [6.07, 6.45) is 3.44. The van der Waals surface area contributed by atoms with Gasteiger partial charge in [0.05, 0.1) is 29.4 Å². The lowest BCUT2D eigenvalue weighted by molar-refractivity contribution is 0.101. The average Bonchev–Trinajstić information content (AvgIpc) is 3.22. The van der Waals surface area contributed by atoms with Gasteiger partial charge in [-0.15, -0.1) is 0 Å². The molecule has 9 heteroatoms. The van der Waals surface area contributed by atoms with E-state index in [0.29, 0.717) is 33.7 Å². The van der Waals surface area contributed by atoms with Crippen molar-refractivity contribution in [3.63, 3.8) is 0 Å². The first-order valence-corrected chi connectivity index (χ1v) is 11.9. The Kier molecular flexibility index (Phi) is 5.80. The Labute approximate surface area is 203 Å². The van der Waals surface area contributed by atoms with Crippen molar-refractivity contribution >= 4 is 28.1 Å². The van der Waals surface area contributed by atoms with Crippen LogP contribution in [0, 0.1) is 0 Å². The monoisotopic (exact) mass is 474 g/mol. The number of aromatic nitrogens is 4. The molecule has 1 fully saturated rings. The highest BCUT2D eigenvalue weighted by Crippen LogP contribution is 2.33. The molecule has 5 rings (SSSR count). The van der Waals surface area contributed by atoms with E-state index >= 15 is 0 Å². The number of nitrogens with one attached hydrogen (secondary N) is 2. The van der Waals surface area contributed by atoms with Crippen LogP contribution in [0.1, 0.15) is 55.6 Å². The highest BCUT2D eigenvalue weighted by atomic mass is 16.5. The largest absolute Gasteiger partial charge is 0.481 e. The molecule has 1 amide bonds. The fourth-order valence-corrected chi connectivity index (χ4v) is 4.88. The molecule has 2 N–H and O–H groups in total. The summed E-state index contributed by atoms with van der Waals surface area (Å²) in [5, 5.41) is 8.49. The minimum absolute atomic E-state index is 0.126. The summed E-state index contributed by atoms with van der Waals surface area (Å²) >= 11 is 0. The van der Waals surface area contributed by atoms with Crippen LogP contribution in [0.15, 0.2) is 47.4 Å². The number of aromatic amines is 1. The smallest absolute Gasteiger partial charge is 0.255 e. The second-order valence-electron chi connectivity index (χ2n) is 9.99. The Morgan fingerprint density at radius 3 is 2.66 bits per heavy atom. The van der Waals surface area contributed by atoms with E-state index < -0.39 is 0 Å². The maximum absolute atomic E-state index is 13.0. The predicted molar refractivity (Wildman–Crippen MR) is 135 cm³/mol. The molecule has 0 radical (unpaired) electrons. The predicted octanol–water partition coefficient (Wildman–Crippen LogP) is 3.81. The van der Waals surface area contributed by atoms with Gasteiger partial charge in [-0.3, -0.25) is 14.5 Å². The third-order valence-electron chi connectivity index (χ3n) is 6.78. The molecule has 0 aliphatic carbocycles. The van der Waals surface area contributed by atoms with Gasteiger partial charge in [0.1, 0.15) is 5.65 Å². The molecule has 1 saturated heterocycles. The van der Waals surface area contributed by atoms with Crippen LogP contribution in [-0.4, -0.2) is 56.1 Å². The first-order valence-electron chi connectivity index (χ1n) is 11.9. The van der Waals surface area contributed by atoms with Crippen molar-refractivity contribution < 1.29 is 9.53 Å². The summed E-state index contributed by atoms with van der Waals surface area (Å²) in [5.74, 6) is 0.291. The van der Waals surface area contributed by atoms with Gasteiger partial charge < -0.3 is 15.0 Å². The van der Waals surface area contributed by atoms with E-state index in [1.807, 2.05) is 22.7 Å². The molecule has 3 aromatic heterocycles. The molecule has 0 spiro atoms. The Morgan fingerprint density at radius 1 is 1.17 bits per heavy atom. The van der Waals surface area contributed by atoms with Crippen LogP contribution in [-0.2, 0) is 0 Å². The zero-order valence-corrected chi connectivity index (χ0v) is 20.5.